The van der Waals surface area contributed by atoms with Crippen molar-refractivity contribution >= 4 is 46.3 Å². The van der Waals surface area contributed by atoms with Gasteiger partial charge in [0.15, 0.2) is 11.6 Å². The van der Waals surface area contributed by atoms with Gasteiger partial charge in [0.25, 0.3) is 0 Å². The van der Waals surface area contributed by atoms with Gasteiger partial charge in [-0.15, -0.1) is 0 Å². The van der Waals surface area contributed by atoms with Crippen LogP contribution in [0.2, 0.25) is 15.3 Å². The maximum Gasteiger partial charge on any atom is 0.224 e. The molecule has 0 saturated heterocycles. The standard InChI is InChI=1S/C12H8Cl3N3O/c13-7-1-2-9(8(14)5-7)18-3-4-19-10-6-16-12(15)17-11(10)18/h1-2,5-6H,3-4H2. The zero-order valence-electron chi connectivity index (χ0n) is 9.61. The van der Waals surface area contributed by atoms with E-state index in [9.17, 15) is 0 Å². The van der Waals surface area contributed by atoms with E-state index in [4.69, 9.17) is 39.5 Å². The molecule has 0 fully saturated rings. The molecule has 3 rings (SSSR count). The van der Waals surface area contributed by atoms with Crippen LogP contribution in [-0.4, -0.2) is 23.1 Å². The van der Waals surface area contributed by atoms with Crippen LogP contribution in [0.4, 0.5) is 11.5 Å². The predicted molar refractivity (Wildman–Crippen MR) is 76.0 cm³/mol. The summed E-state index contributed by atoms with van der Waals surface area (Å²) in [7, 11) is 0. The van der Waals surface area contributed by atoms with Crippen LogP contribution in [0.3, 0.4) is 0 Å². The fraction of sp³-hybridized carbons (Fsp3) is 0.167. The highest BCUT2D eigenvalue weighted by Crippen LogP contribution is 2.38. The first kappa shape index (κ1) is 12.8. The van der Waals surface area contributed by atoms with Gasteiger partial charge in [0, 0.05) is 5.02 Å². The summed E-state index contributed by atoms with van der Waals surface area (Å²) >= 11 is 18.0. The van der Waals surface area contributed by atoms with Crippen LogP contribution < -0.4 is 9.64 Å². The first-order chi connectivity index (χ1) is 9.15. The van der Waals surface area contributed by atoms with Gasteiger partial charge in [-0.2, -0.15) is 4.98 Å². The Balaban J connectivity index is 2.10. The molecule has 1 aromatic heterocycles. The molecule has 98 valence electrons. The van der Waals surface area contributed by atoms with E-state index < -0.39 is 0 Å². The molecule has 1 aliphatic heterocycles. The lowest BCUT2D eigenvalue weighted by Crippen LogP contribution is -2.29. The van der Waals surface area contributed by atoms with Crippen molar-refractivity contribution in [1.29, 1.82) is 0 Å². The maximum atomic E-state index is 6.23. The van der Waals surface area contributed by atoms with Crippen molar-refractivity contribution in [1.82, 2.24) is 9.97 Å². The molecule has 0 unspecified atom stereocenters. The van der Waals surface area contributed by atoms with E-state index in [1.54, 1.807) is 18.3 Å². The van der Waals surface area contributed by atoms with Crippen molar-refractivity contribution in [3.8, 4) is 5.75 Å². The summed E-state index contributed by atoms with van der Waals surface area (Å²) in [5.41, 5.74) is 0.811. The van der Waals surface area contributed by atoms with Crippen molar-refractivity contribution < 1.29 is 4.74 Å². The molecule has 7 heteroatoms. The lowest BCUT2D eigenvalue weighted by Gasteiger charge is -2.30. The minimum absolute atomic E-state index is 0.166. The van der Waals surface area contributed by atoms with Crippen LogP contribution in [0.15, 0.2) is 24.4 Å². The minimum Gasteiger partial charge on any atom is -0.486 e. The van der Waals surface area contributed by atoms with Crippen LogP contribution in [0.25, 0.3) is 0 Å². The number of hydrogen-bond acceptors (Lipinski definition) is 4. The van der Waals surface area contributed by atoms with E-state index in [1.165, 1.54) is 0 Å². The van der Waals surface area contributed by atoms with Gasteiger partial charge >= 0.3 is 0 Å². The third kappa shape index (κ3) is 2.43. The Kier molecular flexibility index (Phi) is 3.39. The molecule has 0 N–H and O–H groups in total. The highest BCUT2D eigenvalue weighted by Gasteiger charge is 2.23. The Labute approximate surface area is 124 Å². The van der Waals surface area contributed by atoms with Crippen LogP contribution in [0.5, 0.6) is 5.75 Å². The van der Waals surface area contributed by atoms with Crippen molar-refractivity contribution in [3.63, 3.8) is 0 Å². The molecule has 1 aromatic carbocycles. The monoisotopic (exact) mass is 315 g/mol. The molecule has 0 saturated carbocycles. The summed E-state index contributed by atoms with van der Waals surface area (Å²) < 4.78 is 5.50. The van der Waals surface area contributed by atoms with E-state index >= 15 is 0 Å². The summed E-state index contributed by atoms with van der Waals surface area (Å²) in [6.45, 7) is 1.15. The van der Waals surface area contributed by atoms with Crippen LogP contribution in [0, 0.1) is 0 Å². The Morgan fingerprint density at radius 2 is 2.05 bits per heavy atom. The van der Waals surface area contributed by atoms with Crippen molar-refractivity contribution in [2.75, 3.05) is 18.1 Å². The number of aromatic nitrogens is 2. The van der Waals surface area contributed by atoms with Gasteiger partial charge in [0.05, 0.1) is 23.5 Å². The molecule has 1 aliphatic rings. The number of ether oxygens (including phenoxy) is 1. The van der Waals surface area contributed by atoms with E-state index in [0.717, 1.165) is 5.69 Å². The molecule has 0 atom stereocenters. The second kappa shape index (κ2) is 5.04. The number of rotatable bonds is 1. The fourth-order valence-corrected chi connectivity index (χ4v) is 2.56. The Morgan fingerprint density at radius 3 is 2.84 bits per heavy atom. The Bertz CT molecular complexity index is 636. The first-order valence-corrected chi connectivity index (χ1v) is 6.66. The molecular weight excluding hydrogens is 309 g/mol. The van der Waals surface area contributed by atoms with Crippen LogP contribution in [0.1, 0.15) is 0 Å². The number of fused-ring (bicyclic) bond motifs is 1. The summed E-state index contributed by atoms with van der Waals surface area (Å²) in [6.07, 6.45) is 1.56. The molecule has 2 aromatic rings. The minimum atomic E-state index is 0.166. The highest BCUT2D eigenvalue weighted by atomic mass is 35.5. The second-order valence-corrected chi connectivity index (χ2v) is 5.10. The fourth-order valence-electron chi connectivity index (χ4n) is 1.92. The van der Waals surface area contributed by atoms with Crippen molar-refractivity contribution in [3.05, 3.63) is 39.7 Å². The molecule has 19 heavy (non-hydrogen) atoms. The van der Waals surface area contributed by atoms with Crippen molar-refractivity contribution in [2.24, 2.45) is 0 Å². The summed E-state index contributed by atoms with van der Waals surface area (Å²) in [6, 6.07) is 5.31. The van der Waals surface area contributed by atoms with Gasteiger partial charge in [-0.05, 0) is 29.8 Å². The van der Waals surface area contributed by atoms with Crippen LogP contribution in [-0.2, 0) is 0 Å². The lowest BCUT2D eigenvalue weighted by atomic mass is 10.2. The zero-order valence-corrected chi connectivity index (χ0v) is 11.9. The predicted octanol–water partition coefficient (Wildman–Crippen LogP) is 3.97. The lowest BCUT2D eigenvalue weighted by molar-refractivity contribution is 0.310. The van der Waals surface area contributed by atoms with Gasteiger partial charge < -0.3 is 9.64 Å². The molecular formula is C12H8Cl3N3O. The van der Waals surface area contributed by atoms with Gasteiger partial charge in [-0.25, -0.2) is 4.98 Å². The number of anilines is 2. The molecule has 0 radical (unpaired) electrons. The van der Waals surface area contributed by atoms with E-state index in [2.05, 4.69) is 9.97 Å². The van der Waals surface area contributed by atoms with Gasteiger partial charge in [0.1, 0.15) is 6.61 Å². The molecule has 0 spiro atoms. The maximum absolute atomic E-state index is 6.23. The third-order valence-corrected chi connectivity index (χ3v) is 3.46. The molecule has 0 aliphatic carbocycles. The van der Waals surface area contributed by atoms with E-state index in [1.807, 2.05) is 11.0 Å². The SMILES string of the molecule is Clc1ccc(N2CCOc3cnc(Cl)nc32)c(Cl)c1. The normalized spacial score (nSPS) is 13.9. The van der Waals surface area contributed by atoms with E-state index in [0.29, 0.717) is 34.8 Å². The van der Waals surface area contributed by atoms with Crippen molar-refractivity contribution in [2.45, 2.75) is 0 Å². The number of benzene rings is 1. The Hall–Kier alpha value is -1.23. The smallest absolute Gasteiger partial charge is 0.224 e. The molecule has 0 bridgehead atoms. The average molecular weight is 317 g/mol. The largest absolute Gasteiger partial charge is 0.486 e. The van der Waals surface area contributed by atoms with Gasteiger partial charge in [-0.1, -0.05) is 23.2 Å². The Morgan fingerprint density at radius 1 is 1.21 bits per heavy atom. The third-order valence-electron chi connectivity index (χ3n) is 2.74. The quantitative estimate of drug-likeness (QED) is 0.746. The molecule has 0 amide bonds. The highest BCUT2D eigenvalue weighted by molar-refractivity contribution is 6.36. The number of nitrogens with zero attached hydrogens (tertiary/aromatic N) is 3. The summed E-state index contributed by atoms with van der Waals surface area (Å²) in [5.74, 6) is 1.19. The molecule has 2 heterocycles. The topological polar surface area (TPSA) is 38.2 Å². The van der Waals surface area contributed by atoms with E-state index in [-0.39, 0.29) is 5.28 Å². The first-order valence-electron chi connectivity index (χ1n) is 5.53. The van der Waals surface area contributed by atoms with Crippen LogP contribution >= 0.6 is 34.8 Å². The summed E-state index contributed by atoms with van der Waals surface area (Å²) in [5, 5.41) is 1.30. The summed E-state index contributed by atoms with van der Waals surface area (Å²) in [4.78, 5) is 10.0. The number of hydrogen-bond donors (Lipinski definition) is 0. The zero-order chi connectivity index (χ0) is 13.4. The van der Waals surface area contributed by atoms with Gasteiger partial charge in [0.2, 0.25) is 5.28 Å². The average Bonchev–Trinajstić information content (AvgIpc) is 2.38. The number of halogens is 3. The van der Waals surface area contributed by atoms with Gasteiger partial charge in [-0.3, -0.25) is 0 Å². The second-order valence-electron chi connectivity index (χ2n) is 3.92. The molecule has 4 nitrogen and oxygen atoms in total.